The van der Waals surface area contributed by atoms with Gasteiger partial charge in [0, 0.05) is 38.8 Å². The zero-order valence-corrected chi connectivity index (χ0v) is 15.9. The second-order valence-electron chi connectivity index (χ2n) is 7.39. The van der Waals surface area contributed by atoms with Gasteiger partial charge in [0.1, 0.15) is 0 Å². The number of nitrogens with one attached hydrogen (secondary N) is 1. The minimum Gasteiger partial charge on any atom is -0.360 e. The van der Waals surface area contributed by atoms with Crippen LogP contribution in [0.5, 0.6) is 0 Å². The van der Waals surface area contributed by atoms with Gasteiger partial charge in [-0.3, -0.25) is 4.90 Å². The first kappa shape index (κ1) is 18.2. The van der Waals surface area contributed by atoms with Crippen molar-refractivity contribution in [2.45, 2.75) is 45.2 Å². The summed E-state index contributed by atoms with van der Waals surface area (Å²) < 4.78 is 0. The predicted octanol–water partition coefficient (Wildman–Crippen LogP) is 3.13. The predicted molar refractivity (Wildman–Crippen MR) is 105 cm³/mol. The highest BCUT2D eigenvalue weighted by Gasteiger charge is 2.25. The van der Waals surface area contributed by atoms with Crippen LogP contribution in [0.15, 0.2) is 24.3 Å². The molecule has 0 spiro atoms. The fraction of sp³-hybridized carbons (Fsp3) is 0.600. The lowest BCUT2D eigenvalue weighted by Gasteiger charge is -2.39. The summed E-state index contributed by atoms with van der Waals surface area (Å²) in [5.74, 6) is 0.726. The van der Waals surface area contributed by atoms with Gasteiger partial charge in [0.25, 0.3) is 0 Å². The molecule has 0 aromatic heterocycles. The summed E-state index contributed by atoms with van der Waals surface area (Å²) in [6.45, 7) is 7.32. The molecular weight excluding hydrogens is 328 g/mol. The summed E-state index contributed by atoms with van der Waals surface area (Å²) in [5, 5.41) is 13.4. The van der Waals surface area contributed by atoms with Crippen molar-refractivity contribution >= 4 is 17.3 Å². The highest BCUT2D eigenvalue weighted by atomic mass is 32.1. The number of piperazine rings is 1. The largest absolute Gasteiger partial charge is 0.360 e. The highest BCUT2D eigenvalue weighted by molar-refractivity contribution is 7.80. The van der Waals surface area contributed by atoms with E-state index in [-0.39, 0.29) is 0 Å². The van der Waals surface area contributed by atoms with Crippen molar-refractivity contribution in [2.24, 2.45) is 5.92 Å². The van der Waals surface area contributed by atoms with Gasteiger partial charge in [-0.2, -0.15) is 5.26 Å². The molecule has 1 aromatic rings. The van der Waals surface area contributed by atoms with Crippen molar-refractivity contribution in [3.63, 3.8) is 0 Å². The van der Waals surface area contributed by atoms with Crippen molar-refractivity contribution in [1.29, 1.82) is 5.26 Å². The first-order valence-corrected chi connectivity index (χ1v) is 9.83. The van der Waals surface area contributed by atoms with Crippen LogP contribution >= 0.6 is 12.2 Å². The van der Waals surface area contributed by atoms with Gasteiger partial charge in [-0.25, -0.2) is 0 Å². The molecule has 1 saturated carbocycles. The molecule has 1 N–H and O–H groups in total. The molecule has 1 heterocycles. The van der Waals surface area contributed by atoms with E-state index in [1.807, 2.05) is 12.1 Å². The Morgan fingerprint density at radius 1 is 1.16 bits per heavy atom. The number of hydrogen-bond donors (Lipinski definition) is 1. The SMILES string of the molecule is C[C@@H]1CCCC[C@@H]1NC(=S)N1CCN(Cc2ccc(C#N)cc2)CC1. The van der Waals surface area contributed by atoms with Crippen LogP contribution in [0, 0.1) is 17.2 Å². The molecule has 2 fully saturated rings. The first-order valence-electron chi connectivity index (χ1n) is 9.42. The number of thiocarbonyl (C=S) groups is 1. The van der Waals surface area contributed by atoms with E-state index in [1.54, 1.807) is 0 Å². The smallest absolute Gasteiger partial charge is 0.169 e. The highest BCUT2D eigenvalue weighted by Crippen LogP contribution is 2.24. The third kappa shape index (κ3) is 4.93. The molecule has 0 unspecified atom stereocenters. The molecule has 1 aliphatic carbocycles. The maximum atomic E-state index is 8.88. The lowest BCUT2D eigenvalue weighted by molar-refractivity contribution is 0.172. The monoisotopic (exact) mass is 356 g/mol. The van der Waals surface area contributed by atoms with Crippen molar-refractivity contribution < 1.29 is 0 Å². The Morgan fingerprint density at radius 2 is 1.84 bits per heavy atom. The van der Waals surface area contributed by atoms with Gasteiger partial charge >= 0.3 is 0 Å². The molecule has 1 aliphatic heterocycles. The zero-order valence-electron chi connectivity index (χ0n) is 15.1. The minimum absolute atomic E-state index is 0.554. The van der Waals surface area contributed by atoms with E-state index in [2.05, 4.69) is 40.2 Å². The molecular formula is C20H28N4S. The molecule has 4 nitrogen and oxygen atoms in total. The van der Waals surface area contributed by atoms with Gasteiger partial charge in [-0.1, -0.05) is 31.9 Å². The maximum absolute atomic E-state index is 8.88. The van der Waals surface area contributed by atoms with Gasteiger partial charge < -0.3 is 10.2 Å². The van der Waals surface area contributed by atoms with E-state index in [0.29, 0.717) is 6.04 Å². The first-order chi connectivity index (χ1) is 12.2. The number of nitrogens with zero attached hydrogens (tertiary/aromatic N) is 3. The van der Waals surface area contributed by atoms with E-state index in [1.165, 1.54) is 31.2 Å². The normalized spacial score (nSPS) is 24.6. The average molecular weight is 357 g/mol. The van der Waals surface area contributed by atoms with Gasteiger partial charge in [0.2, 0.25) is 0 Å². The van der Waals surface area contributed by atoms with E-state index < -0.39 is 0 Å². The Labute approximate surface area is 156 Å². The molecule has 0 radical (unpaired) electrons. The summed E-state index contributed by atoms with van der Waals surface area (Å²) in [6.07, 6.45) is 5.25. The Morgan fingerprint density at radius 3 is 2.48 bits per heavy atom. The van der Waals surface area contributed by atoms with Crippen molar-refractivity contribution in [1.82, 2.24) is 15.1 Å². The van der Waals surface area contributed by atoms with E-state index in [9.17, 15) is 0 Å². The average Bonchev–Trinajstić information content (AvgIpc) is 2.65. The van der Waals surface area contributed by atoms with Gasteiger partial charge in [0.15, 0.2) is 5.11 Å². The van der Waals surface area contributed by atoms with Crippen LogP contribution in [0.4, 0.5) is 0 Å². The molecule has 3 rings (SSSR count). The number of rotatable bonds is 3. The summed E-state index contributed by atoms with van der Waals surface area (Å²) in [5.41, 5.74) is 1.99. The summed E-state index contributed by atoms with van der Waals surface area (Å²) in [6, 6.07) is 10.6. The molecule has 25 heavy (non-hydrogen) atoms. The Balaban J connectivity index is 1.44. The third-order valence-corrected chi connectivity index (χ3v) is 5.95. The van der Waals surface area contributed by atoms with Gasteiger partial charge in [0.05, 0.1) is 11.6 Å². The van der Waals surface area contributed by atoms with E-state index in [0.717, 1.165) is 49.3 Å². The van der Waals surface area contributed by atoms with Crippen LogP contribution in [0.25, 0.3) is 0 Å². The molecule has 0 bridgehead atoms. The quantitative estimate of drug-likeness (QED) is 0.843. The molecule has 1 saturated heterocycles. The van der Waals surface area contributed by atoms with Crippen LogP contribution in [0.1, 0.15) is 43.7 Å². The Hall–Kier alpha value is -1.64. The number of nitriles is 1. The van der Waals surface area contributed by atoms with Crippen LogP contribution in [-0.2, 0) is 6.54 Å². The second kappa shape index (κ2) is 8.64. The summed E-state index contributed by atoms with van der Waals surface area (Å²) >= 11 is 5.67. The lowest BCUT2D eigenvalue weighted by Crippen LogP contribution is -2.54. The standard InChI is InChI=1S/C20H28N4S/c1-16-4-2-3-5-19(16)22-20(25)24-12-10-23(11-13-24)15-18-8-6-17(14-21)7-9-18/h6-9,16,19H,2-5,10-13,15H2,1H3,(H,22,25)/t16-,19+/m1/s1. The fourth-order valence-electron chi connectivity index (χ4n) is 3.83. The van der Waals surface area contributed by atoms with Crippen LogP contribution in [0.3, 0.4) is 0 Å². The summed E-state index contributed by atoms with van der Waals surface area (Å²) in [4.78, 5) is 4.79. The Kier molecular flexibility index (Phi) is 6.28. The van der Waals surface area contributed by atoms with Crippen molar-refractivity contribution in [2.75, 3.05) is 26.2 Å². The maximum Gasteiger partial charge on any atom is 0.169 e. The van der Waals surface area contributed by atoms with Crippen LogP contribution < -0.4 is 5.32 Å². The fourth-order valence-corrected chi connectivity index (χ4v) is 4.17. The molecule has 5 heteroatoms. The zero-order chi connectivity index (χ0) is 17.6. The topological polar surface area (TPSA) is 42.3 Å². The summed E-state index contributed by atoms with van der Waals surface area (Å²) in [7, 11) is 0. The molecule has 2 atom stereocenters. The molecule has 2 aliphatic rings. The second-order valence-corrected chi connectivity index (χ2v) is 7.78. The molecule has 0 amide bonds. The van der Waals surface area contributed by atoms with E-state index >= 15 is 0 Å². The van der Waals surface area contributed by atoms with Crippen LogP contribution in [0.2, 0.25) is 0 Å². The minimum atomic E-state index is 0.554. The van der Waals surface area contributed by atoms with E-state index in [4.69, 9.17) is 17.5 Å². The third-order valence-electron chi connectivity index (χ3n) is 5.57. The van der Waals surface area contributed by atoms with Gasteiger partial charge in [-0.05, 0) is 48.7 Å². The van der Waals surface area contributed by atoms with Crippen molar-refractivity contribution in [3.05, 3.63) is 35.4 Å². The number of hydrogen-bond acceptors (Lipinski definition) is 3. The molecule has 1 aromatic carbocycles. The van der Waals surface area contributed by atoms with Crippen molar-refractivity contribution in [3.8, 4) is 6.07 Å². The number of benzene rings is 1. The lowest BCUT2D eigenvalue weighted by atomic mass is 9.86. The Bertz CT molecular complexity index is 614. The van der Waals surface area contributed by atoms with Gasteiger partial charge in [-0.15, -0.1) is 0 Å². The molecule has 134 valence electrons. The van der Waals surface area contributed by atoms with Crippen LogP contribution in [-0.4, -0.2) is 47.1 Å².